The average Bonchev–Trinajstić information content (AvgIpc) is 3.37. The summed E-state index contributed by atoms with van der Waals surface area (Å²) in [5.41, 5.74) is 3.91. The summed E-state index contributed by atoms with van der Waals surface area (Å²) in [5, 5.41) is 9.30. The van der Waals surface area contributed by atoms with Crippen molar-refractivity contribution < 1.29 is 5.11 Å². The Morgan fingerprint density at radius 1 is 1.22 bits per heavy atom. The van der Waals surface area contributed by atoms with Crippen LogP contribution in [0.1, 0.15) is 38.3 Å². The SMILES string of the molecule is CC.OCc1cncc(-c2nc3ccc(Br)cc3n2C2CC2)c1. The van der Waals surface area contributed by atoms with Crippen LogP contribution in [0.5, 0.6) is 0 Å². The zero-order valence-electron chi connectivity index (χ0n) is 13.3. The Balaban J connectivity index is 0.000000753. The van der Waals surface area contributed by atoms with Crippen molar-refractivity contribution in [2.45, 2.75) is 39.3 Å². The van der Waals surface area contributed by atoms with E-state index in [0.29, 0.717) is 6.04 Å². The number of nitrogens with zero attached hydrogens (tertiary/aromatic N) is 3. The lowest BCUT2D eigenvalue weighted by Crippen LogP contribution is -1.98. The molecule has 4 nitrogen and oxygen atoms in total. The zero-order valence-corrected chi connectivity index (χ0v) is 14.9. The summed E-state index contributed by atoms with van der Waals surface area (Å²) < 4.78 is 3.36. The third-order valence-electron chi connectivity index (χ3n) is 3.80. The highest BCUT2D eigenvalue weighted by Gasteiger charge is 2.28. The van der Waals surface area contributed by atoms with E-state index in [1.165, 1.54) is 12.8 Å². The maximum Gasteiger partial charge on any atom is 0.142 e. The zero-order chi connectivity index (χ0) is 16.4. The molecule has 1 aromatic carbocycles. The molecule has 0 unspecified atom stereocenters. The van der Waals surface area contributed by atoms with E-state index in [2.05, 4.69) is 31.5 Å². The van der Waals surface area contributed by atoms with Crippen LogP contribution in [-0.4, -0.2) is 19.6 Å². The van der Waals surface area contributed by atoms with Crippen molar-refractivity contribution in [3.05, 3.63) is 46.7 Å². The minimum atomic E-state index is -0.00392. The van der Waals surface area contributed by atoms with Gasteiger partial charge in [-0.3, -0.25) is 4.98 Å². The minimum absolute atomic E-state index is 0.00392. The normalized spacial score (nSPS) is 13.7. The van der Waals surface area contributed by atoms with Crippen LogP contribution in [0.15, 0.2) is 41.1 Å². The van der Waals surface area contributed by atoms with Gasteiger partial charge in [0.2, 0.25) is 0 Å². The molecule has 2 aromatic heterocycles. The van der Waals surface area contributed by atoms with E-state index in [4.69, 9.17) is 4.98 Å². The lowest BCUT2D eigenvalue weighted by atomic mass is 10.2. The smallest absolute Gasteiger partial charge is 0.142 e. The summed E-state index contributed by atoms with van der Waals surface area (Å²) in [5.74, 6) is 0.938. The van der Waals surface area contributed by atoms with Crippen LogP contribution in [0.25, 0.3) is 22.4 Å². The predicted octanol–water partition coefficient (Wildman–Crippen LogP) is 4.71. The molecule has 1 fully saturated rings. The van der Waals surface area contributed by atoms with Gasteiger partial charge in [-0.05, 0) is 42.7 Å². The quantitative estimate of drug-likeness (QED) is 0.722. The van der Waals surface area contributed by atoms with Gasteiger partial charge >= 0.3 is 0 Å². The van der Waals surface area contributed by atoms with Crippen LogP contribution in [0.3, 0.4) is 0 Å². The molecule has 23 heavy (non-hydrogen) atoms. The number of pyridine rings is 1. The van der Waals surface area contributed by atoms with Crippen molar-refractivity contribution in [2.75, 3.05) is 0 Å². The van der Waals surface area contributed by atoms with E-state index in [0.717, 1.165) is 32.5 Å². The molecule has 1 saturated carbocycles. The van der Waals surface area contributed by atoms with Gasteiger partial charge in [0.05, 0.1) is 17.6 Å². The van der Waals surface area contributed by atoms with E-state index in [1.54, 1.807) is 6.20 Å². The summed E-state index contributed by atoms with van der Waals surface area (Å²) in [6.07, 6.45) is 5.88. The summed E-state index contributed by atoms with van der Waals surface area (Å²) in [7, 11) is 0. The van der Waals surface area contributed by atoms with Gasteiger partial charge in [0, 0.05) is 28.5 Å². The van der Waals surface area contributed by atoms with Gasteiger partial charge in [-0.2, -0.15) is 0 Å². The molecule has 0 aliphatic heterocycles. The van der Waals surface area contributed by atoms with E-state index >= 15 is 0 Å². The number of hydrogen-bond donors (Lipinski definition) is 1. The van der Waals surface area contributed by atoms with Gasteiger partial charge in [0.15, 0.2) is 0 Å². The standard InChI is InChI=1S/C16H14BrN3O.C2H6/c17-12-1-4-14-15(6-12)20(13-2-3-13)16(19-14)11-5-10(9-21)7-18-8-11;1-2/h1,4-8,13,21H,2-3,9H2;1-2H3. The molecule has 5 heteroatoms. The van der Waals surface area contributed by atoms with Crippen molar-refractivity contribution >= 4 is 27.0 Å². The molecule has 3 aromatic rings. The van der Waals surface area contributed by atoms with Gasteiger partial charge in [0.25, 0.3) is 0 Å². The average molecular weight is 374 g/mol. The number of aliphatic hydroxyl groups excluding tert-OH is 1. The Kier molecular flexibility index (Phi) is 4.78. The van der Waals surface area contributed by atoms with E-state index in [1.807, 2.05) is 38.2 Å². The molecular weight excluding hydrogens is 354 g/mol. The lowest BCUT2D eigenvalue weighted by Gasteiger charge is -2.08. The summed E-state index contributed by atoms with van der Waals surface area (Å²) >= 11 is 3.54. The highest BCUT2D eigenvalue weighted by Crippen LogP contribution is 2.41. The van der Waals surface area contributed by atoms with Crippen LogP contribution in [-0.2, 0) is 6.61 Å². The first-order valence-corrected chi connectivity index (χ1v) is 8.78. The van der Waals surface area contributed by atoms with Crippen molar-refractivity contribution in [2.24, 2.45) is 0 Å². The number of benzene rings is 1. The molecule has 120 valence electrons. The first-order chi connectivity index (χ1) is 11.3. The second-order valence-electron chi connectivity index (χ2n) is 5.41. The lowest BCUT2D eigenvalue weighted by molar-refractivity contribution is 0.281. The van der Waals surface area contributed by atoms with Crippen LogP contribution in [0.4, 0.5) is 0 Å². The molecule has 0 bridgehead atoms. The molecule has 4 rings (SSSR count). The van der Waals surface area contributed by atoms with E-state index in [-0.39, 0.29) is 6.61 Å². The topological polar surface area (TPSA) is 50.9 Å². The highest BCUT2D eigenvalue weighted by atomic mass is 79.9. The van der Waals surface area contributed by atoms with Crippen molar-refractivity contribution in [1.29, 1.82) is 0 Å². The molecule has 2 heterocycles. The third-order valence-corrected chi connectivity index (χ3v) is 4.29. The molecule has 0 radical (unpaired) electrons. The monoisotopic (exact) mass is 373 g/mol. The van der Waals surface area contributed by atoms with Crippen molar-refractivity contribution in [3.8, 4) is 11.4 Å². The Bertz CT molecular complexity index is 824. The van der Waals surface area contributed by atoms with Crippen LogP contribution in [0.2, 0.25) is 0 Å². The second kappa shape index (κ2) is 6.81. The number of rotatable bonds is 3. The van der Waals surface area contributed by atoms with Gasteiger partial charge in [-0.25, -0.2) is 4.98 Å². The Hall–Kier alpha value is -1.72. The van der Waals surface area contributed by atoms with Gasteiger partial charge in [-0.1, -0.05) is 29.8 Å². The number of aliphatic hydroxyl groups is 1. The first-order valence-electron chi connectivity index (χ1n) is 7.99. The molecule has 1 aliphatic carbocycles. The van der Waals surface area contributed by atoms with Crippen molar-refractivity contribution in [3.63, 3.8) is 0 Å². The van der Waals surface area contributed by atoms with E-state index in [9.17, 15) is 5.11 Å². The van der Waals surface area contributed by atoms with Crippen LogP contribution < -0.4 is 0 Å². The predicted molar refractivity (Wildman–Crippen MR) is 96.2 cm³/mol. The molecule has 0 atom stereocenters. The fraction of sp³-hybridized carbons (Fsp3) is 0.333. The first kappa shape index (κ1) is 16.1. The Labute approximate surface area is 144 Å². The molecular formula is C18H20BrN3O. The number of fused-ring (bicyclic) bond motifs is 1. The summed E-state index contributed by atoms with van der Waals surface area (Å²) in [4.78, 5) is 9.00. The fourth-order valence-electron chi connectivity index (χ4n) is 2.67. The summed E-state index contributed by atoms with van der Waals surface area (Å²) in [6.45, 7) is 4.00. The fourth-order valence-corrected chi connectivity index (χ4v) is 3.02. The second-order valence-corrected chi connectivity index (χ2v) is 6.33. The number of hydrogen-bond acceptors (Lipinski definition) is 3. The summed E-state index contributed by atoms with van der Waals surface area (Å²) in [6, 6.07) is 8.65. The van der Waals surface area contributed by atoms with Crippen LogP contribution >= 0.6 is 15.9 Å². The number of imidazole rings is 1. The maximum atomic E-state index is 9.30. The Morgan fingerprint density at radius 2 is 2.00 bits per heavy atom. The number of aromatic nitrogens is 3. The molecule has 1 N–H and O–H groups in total. The van der Waals surface area contributed by atoms with E-state index < -0.39 is 0 Å². The van der Waals surface area contributed by atoms with Crippen LogP contribution in [0, 0.1) is 0 Å². The van der Waals surface area contributed by atoms with Gasteiger partial charge in [-0.15, -0.1) is 0 Å². The molecule has 0 spiro atoms. The maximum absolute atomic E-state index is 9.30. The Morgan fingerprint density at radius 3 is 2.70 bits per heavy atom. The number of halogens is 1. The third kappa shape index (κ3) is 3.16. The highest BCUT2D eigenvalue weighted by molar-refractivity contribution is 9.10. The molecule has 0 saturated heterocycles. The molecule has 0 amide bonds. The minimum Gasteiger partial charge on any atom is -0.392 e. The van der Waals surface area contributed by atoms with Gasteiger partial charge in [0.1, 0.15) is 5.82 Å². The van der Waals surface area contributed by atoms with Gasteiger partial charge < -0.3 is 9.67 Å². The largest absolute Gasteiger partial charge is 0.392 e. The van der Waals surface area contributed by atoms with Crippen molar-refractivity contribution in [1.82, 2.24) is 14.5 Å². The molecule has 1 aliphatic rings.